The van der Waals surface area contributed by atoms with E-state index in [0.29, 0.717) is 0 Å². The second-order valence-electron chi connectivity index (χ2n) is 20.9. The highest BCUT2D eigenvalue weighted by Crippen LogP contribution is 2.67. The maximum Gasteiger partial charge on any atom is 0.0732 e. The van der Waals surface area contributed by atoms with Crippen molar-refractivity contribution < 1.29 is 0 Å². The van der Waals surface area contributed by atoms with E-state index in [4.69, 9.17) is 0 Å². The Kier molecular flexibility index (Phi) is 8.55. The fraction of sp³-hybridized carbons (Fsp3) is 0.0133. The van der Waals surface area contributed by atoms with E-state index in [1.165, 1.54) is 159 Å². The number of rotatable bonds is 4. The molecule has 1 heterocycles. The van der Waals surface area contributed by atoms with Gasteiger partial charge in [0.25, 0.3) is 0 Å². The summed E-state index contributed by atoms with van der Waals surface area (Å²) in [6.07, 6.45) is 0. The van der Waals surface area contributed by atoms with E-state index < -0.39 is 5.41 Å². The number of hydrogen-bond donors (Lipinski definition) is 0. The number of hydrogen-bond acceptors (Lipinski definition) is 0. The highest BCUT2D eigenvalue weighted by atomic mass is 15.0. The summed E-state index contributed by atoms with van der Waals surface area (Å²) in [5.41, 5.74) is 21.2. The van der Waals surface area contributed by atoms with Crippen molar-refractivity contribution in [2.24, 2.45) is 0 Å². The molecule has 0 unspecified atom stereocenters. The van der Waals surface area contributed by atoms with Crippen LogP contribution in [0.2, 0.25) is 0 Å². The van der Waals surface area contributed by atoms with Gasteiger partial charge in [0.2, 0.25) is 0 Å². The minimum absolute atomic E-state index is 0.538. The Bertz CT molecular complexity index is 4870. The molecule has 1 heteroatoms. The quantitative estimate of drug-likeness (QED) is 0.122. The average Bonchev–Trinajstić information content (AvgIpc) is 4.11. The molecular weight excluding hydrogens is 915 g/mol. The third-order valence-corrected chi connectivity index (χ3v) is 17.4. The summed E-state index contributed by atoms with van der Waals surface area (Å²) < 4.78 is 2.40. The Morgan fingerprint density at radius 3 is 1.26 bits per heavy atom. The van der Waals surface area contributed by atoms with Gasteiger partial charge in [-0.1, -0.05) is 237 Å². The minimum Gasteiger partial charge on any atom is -0.309 e. The van der Waals surface area contributed by atoms with Crippen molar-refractivity contribution in [3.05, 3.63) is 295 Å². The van der Waals surface area contributed by atoms with Crippen molar-refractivity contribution in [2.75, 3.05) is 0 Å². The zero-order valence-electron chi connectivity index (χ0n) is 41.4. The third-order valence-electron chi connectivity index (χ3n) is 17.4. The molecule has 1 aromatic heterocycles. The molecule has 15 aromatic rings. The molecule has 1 nitrogen and oxygen atoms in total. The molecule has 1 spiro atoms. The van der Waals surface area contributed by atoms with Gasteiger partial charge in [0.1, 0.15) is 0 Å². The highest BCUT2D eigenvalue weighted by molar-refractivity contribution is 6.25. The molecular formula is C75H45N. The van der Waals surface area contributed by atoms with Crippen LogP contribution in [0.25, 0.3) is 137 Å². The lowest BCUT2D eigenvalue weighted by atomic mass is 9.68. The van der Waals surface area contributed by atoms with Crippen LogP contribution in [-0.2, 0) is 5.41 Å². The largest absolute Gasteiger partial charge is 0.309 e. The summed E-state index contributed by atoms with van der Waals surface area (Å²) in [5, 5.41) is 15.3. The van der Waals surface area contributed by atoms with Crippen LogP contribution < -0.4 is 0 Å². The first-order valence-corrected chi connectivity index (χ1v) is 26.6. The zero-order chi connectivity index (χ0) is 49.6. The van der Waals surface area contributed by atoms with Crippen LogP contribution in [0.3, 0.4) is 0 Å². The standard InChI is InChI=1S/C75H45N/c1-2-20-49(21-3-1)76-68-37-19-16-27-55(68)64-44-48(42-43-69(64)76)71-60-32-11-9-30-58(60)70(59-31-10-12-33-61(59)71)47-40-38-46(39-41-47)63-45-67-72(56-28-7-5-24-52(56)63)73-57-29-8-4-22-50(57)51-23-6-13-34-62(51)74(73)75(67)65-35-17-14-25-53(65)54-26-15-18-36-66(54)75/h1-45H. The Morgan fingerprint density at radius 1 is 0.224 bits per heavy atom. The number of benzene rings is 14. The van der Waals surface area contributed by atoms with Crippen LogP contribution in [-0.4, -0.2) is 4.57 Å². The number of para-hydroxylation sites is 2. The molecule has 2 aliphatic rings. The lowest BCUT2D eigenvalue weighted by Gasteiger charge is -2.32. The van der Waals surface area contributed by atoms with Crippen molar-refractivity contribution >= 4 is 75.7 Å². The fourth-order valence-corrected chi connectivity index (χ4v) is 14.4. The molecule has 350 valence electrons. The Morgan fingerprint density at radius 2 is 0.645 bits per heavy atom. The number of fused-ring (bicyclic) bond motifs is 22. The summed E-state index contributed by atoms with van der Waals surface area (Å²) >= 11 is 0. The summed E-state index contributed by atoms with van der Waals surface area (Å²) in [4.78, 5) is 0. The van der Waals surface area contributed by atoms with E-state index in [2.05, 4.69) is 278 Å². The lowest BCUT2D eigenvalue weighted by molar-refractivity contribution is 0.803. The molecule has 76 heavy (non-hydrogen) atoms. The maximum atomic E-state index is 2.59. The lowest BCUT2D eigenvalue weighted by Crippen LogP contribution is -2.26. The Balaban J connectivity index is 0.885. The average molecular weight is 960 g/mol. The second kappa shape index (κ2) is 15.6. The third kappa shape index (κ3) is 5.43. The molecule has 0 bridgehead atoms. The van der Waals surface area contributed by atoms with E-state index in [1.54, 1.807) is 0 Å². The van der Waals surface area contributed by atoms with E-state index in [1.807, 2.05) is 0 Å². The monoisotopic (exact) mass is 959 g/mol. The molecule has 14 aromatic carbocycles. The smallest absolute Gasteiger partial charge is 0.0732 e. The van der Waals surface area contributed by atoms with Crippen molar-refractivity contribution in [3.8, 4) is 61.3 Å². The van der Waals surface area contributed by atoms with Gasteiger partial charge in [0.05, 0.1) is 16.4 Å². The highest BCUT2D eigenvalue weighted by Gasteiger charge is 2.53. The second-order valence-corrected chi connectivity index (χ2v) is 20.9. The summed E-state index contributed by atoms with van der Waals surface area (Å²) in [5.74, 6) is 0. The van der Waals surface area contributed by atoms with Gasteiger partial charge in [-0.25, -0.2) is 0 Å². The molecule has 0 saturated carbocycles. The van der Waals surface area contributed by atoms with Crippen molar-refractivity contribution in [1.82, 2.24) is 4.57 Å². The van der Waals surface area contributed by atoms with E-state index in [9.17, 15) is 0 Å². The summed E-state index contributed by atoms with van der Waals surface area (Å²) in [7, 11) is 0. The van der Waals surface area contributed by atoms with Gasteiger partial charge in [0.15, 0.2) is 0 Å². The summed E-state index contributed by atoms with van der Waals surface area (Å²) in [6, 6.07) is 103. The minimum atomic E-state index is -0.538. The zero-order valence-corrected chi connectivity index (χ0v) is 41.4. The van der Waals surface area contributed by atoms with Crippen molar-refractivity contribution in [1.29, 1.82) is 0 Å². The molecule has 0 N–H and O–H groups in total. The van der Waals surface area contributed by atoms with Crippen LogP contribution in [0.5, 0.6) is 0 Å². The van der Waals surface area contributed by atoms with Crippen LogP contribution >= 0.6 is 0 Å². The number of aromatic nitrogens is 1. The molecule has 17 rings (SSSR count). The van der Waals surface area contributed by atoms with E-state index >= 15 is 0 Å². The normalized spacial score (nSPS) is 13.1. The van der Waals surface area contributed by atoms with Crippen LogP contribution in [0, 0.1) is 0 Å². The van der Waals surface area contributed by atoms with Gasteiger partial charge >= 0.3 is 0 Å². The van der Waals surface area contributed by atoms with Gasteiger partial charge in [-0.05, 0) is 168 Å². The first-order valence-electron chi connectivity index (χ1n) is 26.6. The maximum absolute atomic E-state index is 2.59. The predicted octanol–water partition coefficient (Wildman–Crippen LogP) is 19.9. The molecule has 0 amide bonds. The van der Waals surface area contributed by atoms with Crippen LogP contribution in [0.1, 0.15) is 22.3 Å². The van der Waals surface area contributed by atoms with Gasteiger partial charge in [-0.15, -0.1) is 0 Å². The Labute approximate surface area is 439 Å². The van der Waals surface area contributed by atoms with Crippen molar-refractivity contribution in [3.63, 3.8) is 0 Å². The van der Waals surface area contributed by atoms with Gasteiger partial charge < -0.3 is 4.57 Å². The van der Waals surface area contributed by atoms with Gasteiger partial charge in [-0.2, -0.15) is 0 Å². The van der Waals surface area contributed by atoms with Crippen molar-refractivity contribution in [2.45, 2.75) is 5.41 Å². The topological polar surface area (TPSA) is 4.93 Å². The molecule has 0 atom stereocenters. The van der Waals surface area contributed by atoms with E-state index in [-0.39, 0.29) is 0 Å². The molecule has 0 radical (unpaired) electrons. The van der Waals surface area contributed by atoms with E-state index in [0.717, 1.165) is 0 Å². The van der Waals surface area contributed by atoms with Crippen LogP contribution in [0.4, 0.5) is 0 Å². The molecule has 0 saturated heterocycles. The van der Waals surface area contributed by atoms with Crippen LogP contribution in [0.15, 0.2) is 273 Å². The fourth-order valence-electron chi connectivity index (χ4n) is 14.4. The SMILES string of the molecule is c1ccc(-n2c3ccccc3c3cc(-c4c5ccccc5c(-c5ccc(-c6cc7c(c8ccccc68)-c6c(c8ccccc8c8ccccc68)C76c7ccccc7-c7ccccc76)cc5)c5ccccc45)ccc32)cc1. The van der Waals surface area contributed by atoms with Gasteiger partial charge in [0, 0.05) is 16.5 Å². The first-order chi connectivity index (χ1) is 37.8. The summed E-state index contributed by atoms with van der Waals surface area (Å²) in [6.45, 7) is 0. The molecule has 0 fully saturated rings. The Hall–Kier alpha value is -9.82. The number of nitrogens with zero attached hydrogens (tertiary/aromatic N) is 1. The molecule has 0 aliphatic heterocycles. The molecule has 2 aliphatic carbocycles. The first kappa shape index (κ1) is 41.6. The van der Waals surface area contributed by atoms with Gasteiger partial charge in [-0.3, -0.25) is 0 Å². The predicted molar refractivity (Wildman–Crippen MR) is 321 cm³/mol.